The third kappa shape index (κ3) is 5.66. The molecule has 0 aromatic heterocycles. The van der Waals surface area contributed by atoms with Crippen molar-refractivity contribution in [3.05, 3.63) is 64.6 Å². The van der Waals surface area contributed by atoms with E-state index in [9.17, 15) is 14.4 Å². The Morgan fingerprint density at radius 2 is 1.93 bits per heavy atom. The molecule has 0 radical (unpaired) electrons. The number of carbonyl (C=O) groups is 3. The molecule has 2 amide bonds. The van der Waals surface area contributed by atoms with Crippen LogP contribution in [0.2, 0.25) is 0 Å². The van der Waals surface area contributed by atoms with Crippen LogP contribution in [0, 0.1) is 5.92 Å². The van der Waals surface area contributed by atoms with Gasteiger partial charge in [0.05, 0.1) is 5.92 Å². The Hall–Kier alpha value is -2.67. The van der Waals surface area contributed by atoms with E-state index in [0.29, 0.717) is 18.8 Å². The highest BCUT2D eigenvalue weighted by Gasteiger charge is 2.35. The molecule has 2 aromatic rings. The minimum absolute atomic E-state index is 0.0588. The van der Waals surface area contributed by atoms with Crippen LogP contribution in [-0.2, 0) is 25.5 Å². The van der Waals surface area contributed by atoms with Crippen LogP contribution in [0.25, 0.3) is 0 Å². The molecular formula is C21H21BrN2O4. The summed E-state index contributed by atoms with van der Waals surface area (Å²) in [4.78, 5) is 38.0. The maximum atomic E-state index is 12.2. The molecule has 0 unspecified atom stereocenters. The van der Waals surface area contributed by atoms with E-state index >= 15 is 0 Å². The van der Waals surface area contributed by atoms with E-state index < -0.39 is 17.8 Å². The molecule has 7 heteroatoms. The van der Waals surface area contributed by atoms with Crippen LogP contribution in [0.5, 0.6) is 0 Å². The summed E-state index contributed by atoms with van der Waals surface area (Å²) in [5, 5.41) is 2.66. The highest BCUT2D eigenvalue weighted by atomic mass is 79.9. The van der Waals surface area contributed by atoms with E-state index in [1.165, 1.54) is 0 Å². The standard InChI is InChI=1S/C21H21BrN2O4/c22-17-7-4-8-18(12-17)23-19(25)14-28-21(27)16-11-20(26)24(13-16)10-9-15-5-2-1-3-6-15/h1-8,12,16H,9-11,13-14H2,(H,23,25)/t16-/m0/s1. The number of esters is 1. The normalized spacial score (nSPS) is 16.1. The van der Waals surface area contributed by atoms with Gasteiger partial charge in [0.1, 0.15) is 0 Å². The van der Waals surface area contributed by atoms with Crippen LogP contribution in [-0.4, -0.2) is 42.4 Å². The maximum Gasteiger partial charge on any atom is 0.311 e. The Kier molecular flexibility index (Phi) is 6.81. The fourth-order valence-corrected chi connectivity index (χ4v) is 3.47. The number of anilines is 1. The van der Waals surface area contributed by atoms with Gasteiger partial charge in [-0.25, -0.2) is 0 Å². The Bertz CT molecular complexity index is 856. The number of halogens is 1. The van der Waals surface area contributed by atoms with E-state index in [2.05, 4.69) is 21.2 Å². The van der Waals surface area contributed by atoms with Gasteiger partial charge >= 0.3 is 5.97 Å². The number of likely N-dealkylation sites (tertiary alicyclic amines) is 1. The lowest BCUT2D eigenvalue weighted by atomic mass is 10.1. The van der Waals surface area contributed by atoms with Gasteiger partial charge in [-0.2, -0.15) is 0 Å². The predicted octanol–water partition coefficient (Wildman–Crippen LogP) is 3.02. The summed E-state index contributed by atoms with van der Waals surface area (Å²) in [7, 11) is 0. The topological polar surface area (TPSA) is 75.7 Å². The van der Waals surface area contributed by atoms with Crippen molar-refractivity contribution in [1.82, 2.24) is 4.90 Å². The predicted molar refractivity (Wildman–Crippen MR) is 109 cm³/mol. The molecule has 1 saturated heterocycles. The van der Waals surface area contributed by atoms with Gasteiger partial charge in [-0.15, -0.1) is 0 Å². The van der Waals surface area contributed by atoms with E-state index in [1.54, 1.807) is 23.1 Å². The van der Waals surface area contributed by atoms with Crippen LogP contribution in [0.3, 0.4) is 0 Å². The van der Waals surface area contributed by atoms with Gasteiger partial charge in [-0.3, -0.25) is 14.4 Å². The van der Waals surface area contributed by atoms with Crippen LogP contribution < -0.4 is 5.32 Å². The summed E-state index contributed by atoms with van der Waals surface area (Å²) in [6, 6.07) is 17.0. The molecule has 0 saturated carbocycles. The van der Waals surface area contributed by atoms with Gasteiger partial charge in [0.25, 0.3) is 5.91 Å². The van der Waals surface area contributed by atoms with Crippen molar-refractivity contribution in [3.63, 3.8) is 0 Å². The highest BCUT2D eigenvalue weighted by Crippen LogP contribution is 2.20. The summed E-state index contributed by atoms with van der Waals surface area (Å²) < 4.78 is 5.94. The molecule has 146 valence electrons. The second kappa shape index (κ2) is 9.50. The van der Waals surface area contributed by atoms with Gasteiger partial charge < -0.3 is 15.0 Å². The van der Waals surface area contributed by atoms with Crippen molar-refractivity contribution in [2.75, 3.05) is 25.0 Å². The minimum Gasteiger partial charge on any atom is -0.455 e. The third-order valence-electron chi connectivity index (χ3n) is 4.51. The number of benzene rings is 2. The molecular weight excluding hydrogens is 424 g/mol. The summed E-state index contributed by atoms with van der Waals surface area (Å²) >= 11 is 3.32. The molecule has 1 N–H and O–H groups in total. The van der Waals surface area contributed by atoms with Crippen LogP contribution in [0.4, 0.5) is 5.69 Å². The molecule has 1 atom stereocenters. The molecule has 2 aromatic carbocycles. The van der Waals surface area contributed by atoms with Crippen molar-refractivity contribution in [1.29, 1.82) is 0 Å². The molecule has 1 heterocycles. The Balaban J connectivity index is 1.43. The largest absolute Gasteiger partial charge is 0.455 e. The Labute approximate surface area is 172 Å². The van der Waals surface area contributed by atoms with E-state index in [-0.39, 0.29) is 18.9 Å². The summed E-state index contributed by atoms with van der Waals surface area (Å²) in [6.07, 6.45) is 0.865. The first-order chi connectivity index (χ1) is 13.5. The number of ether oxygens (including phenoxy) is 1. The van der Waals surface area contributed by atoms with Crippen LogP contribution >= 0.6 is 15.9 Å². The average molecular weight is 445 g/mol. The number of hydrogen-bond donors (Lipinski definition) is 1. The number of nitrogens with zero attached hydrogens (tertiary/aromatic N) is 1. The molecule has 1 aliphatic heterocycles. The first-order valence-electron chi connectivity index (χ1n) is 9.05. The lowest BCUT2D eigenvalue weighted by Crippen LogP contribution is -2.29. The summed E-state index contributed by atoms with van der Waals surface area (Å²) in [5.41, 5.74) is 1.75. The number of hydrogen-bond acceptors (Lipinski definition) is 4. The molecule has 6 nitrogen and oxygen atoms in total. The number of carbonyl (C=O) groups excluding carboxylic acids is 3. The molecule has 1 aliphatic rings. The molecule has 3 rings (SSSR count). The summed E-state index contributed by atoms with van der Waals surface area (Å²) in [6.45, 7) is 0.522. The molecule has 0 aliphatic carbocycles. The average Bonchev–Trinajstić information content (AvgIpc) is 3.06. The highest BCUT2D eigenvalue weighted by molar-refractivity contribution is 9.10. The second-order valence-corrected chi connectivity index (χ2v) is 7.56. The zero-order chi connectivity index (χ0) is 19.9. The second-order valence-electron chi connectivity index (χ2n) is 6.64. The first kappa shape index (κ1) is 20.1. The van der Waals surface area contributed by atoms with Crippen molar-refractivity contribution in [2.24, 2.45) is 5.92 Å². The van der Waals surface area contributed by atoms with Crippen molar-refractivity contribution in [2.45, 2.75) is 12.8 Å². The van der Waals surface area contributed by atoms with E-state index in [1.807, 2.05) is 36.4 Å². The van der Waals surface area contributed by atoms with Crippen LogP contribution in [0.1, 0.15) is 12.0 Å². The fraction of sp³-hybridized carbons (Fsp3) is 0.286. The zero-order valence-electron chi connectivity index (χ0n) is 15.3. The smallest absolute Gasteiger partial charge is 0.311 e. The van der Waals surface area contributed by atoms with Crippen molar-refractivity contribution < 1.29 is 19.1 Å². The number of nitrogens with one attached hydrogen (secondary N) is 1. The SMILES string of the molecule is O=C(COC(=O)[C@H]1CC(=O)N(CCc2ccccc2)C1)Nc1cccc(Br)c1. The lowest BCUT2D eigenvalue weighted by Gasteiger charge is -2.16. The van der Waals surface area contributed by atoms with Crippen LogP contribution in [0.15, 0.2) is 59.1 Å². The monoisotopic (exact) mass is 444 g/mol. The van der Waals surface area contributed by atoms with Gasteiger partial charge in [-0.05, 0) is 30.2 Å². The summed E-state index contributed by atoms with van der Waals surface area (Å²) in [5.74, 6) is -1.52. The molecule has 0 spiro atoms. The van der Waals surface area contributed by atoms with Gasteiger partial charge in [0.15, 0.2) is 6.61 Å². The molecule has 1 fully saturated rings. The molecule has 0 bridgehead atoms. The Morgan fingerprint density at radius 1 is 1.14 bits per heavy atom. The molecule has 28 heavy (non-hydrogen) atoms. The fourth-order valence-electron chi connectivity index (χ4n) is 3.07. The van der Waals surface area contributed by atoms with Crippen molar-refractivity contribution >= 4 is 39.4 Å². The van der Waals surface area contributed by atoms with E-state index in [0.717, 1.165) is 16.5 Å². The minimum atomic E-state index is -0.526. The Morgan fingerprint density at radius 3 is 2.68 bits per heavy atom. The number of rotatable bonds is 7. The first-order valence-corrected chi connectivity index (χ1v) is 9.84. The lowest BCUT2D eigenvalue weighted by molar-refractivity contribution is -0.151. The maximum absolute atomic E-state index is 12.2. The van der Waals surface area contributed by atoms with Gasteiger partial charge in [0, 0.05) is 29.7 Å². The quantitative estimate of drug-likeness (QED) is 0.665. The zero-order valence-corrected chi connectivity index (χ0v) is 16.9. The van der Waals surface area contributed by atoms with Gasteiger partial charge in [0.2, 0.25) is 5.91 Å². The third-order valence-corrected chi connectivity index (χ3v) is 5.01. The van der Waals surface area contributed by atoms with Crippen molar-refractivity contribution in [3.8, 4) is 0 Å². The van der Waals surface area contributed by atoms with Gasteiger partial charge in [-0.1, -0.05) is 52.3 Å². The number of amides is 2. The van der Waals surface area contributed by atoms with E-state index in [4.69, 9.17) is 4.74 Å².